The molecule has 1 aliphatic heterocycles. The van der Waals surface area contributed by atoms with Gasteiger partial charge in [0.25, 0.3) is 0 Å². The average molecular weight is 392 g/mol. The molecule has 4 aromatic rings. The topological polar surface area (TPSA) is 64.8 Å². The quantitative estimate of drug-likeness (QED) is 0.504. The number of fused-ring (bicyclic) bond motifs is 2. The maximum atomic E-state index is 13.2. The Balaban J connectivity index is 1.45. The smallest absolute Gasteiger partial charge is 0.233 e. The molecule has 7 heteroatoms. The first kappa shape index (κ1) is 16.8. The van der Waals surface area contributed by atoms with Crippen molar-refractivity contribution < 1.29 is 18.7 Å². The number of thiazole rings is 1. The van der Waals surface area contributed by atoms with Gasteiger partial charge >= 0.3 is 0 Å². The molecule has 0 saturated carbocycles. The number of amides is 1. The maximum Gasteiger partial charge on any atom is 0.233 e. The normalized spacial score (nSPS) is 12.4. The molecule has 2 aromatic heterocycles. The van der Waals surface area contributed by atoms with Crippen LogP contribution in [0.15, 0.2) is 65.3 Å². The van der Waals surface area contributed by atoms with Crippen molar-refractivity contribution in [2.45, 2.75) is 13.0 Å². The van der Waals surface area contributed by atoms with Gasteiger partial charge in [0.1, 0.15) is 5.76 Å². The Bertz CT molecular complexity index is 1100. The number of carbonyl (C=O) groups excluding carboxylic acids is 1. The minimum absolute atomic E-state index is 0.0608. The van der Waals surface area contributed by atoms with Gasteiger partial charge in [-0.3, -0.25) is 9.69 Å². The molecule has 0 bridgehead atoms. The number of hydrogen-bond donors (Lipinski definition) is 0. The van der Waals surface area contributed by atoms with Crippen LogP contribution in [0.4, 0.5) is 5.13 Å². The van der Waals surface area contributed by atoms with Gasteiger partial charge in [0.05, 0.1) is 29.4 Å². The Morgan fingerprint density at radius 3 is 2.82 bits per heavy atom. The molecule has 1 amide bonds. The fraction of sp³-hybridized carbons (Fsp3) is 0.143. The lowest BCUT2D eigenvalue weighted by molar-refractivity contribution is -0.118. The third-order valence-corrected chi connectivity index (χ3v) is 5.56. The van der Waals surface area contributed by atoms with Crippen molar-refractivity contribution in [2.24, 2.45) is 0 Å². The van der Waals surface area contributed by atoms with Crippen LogP contribution in [0.3, 0.4) is 0 Å². The monoisotopic (exact) mass is 392 g/mol. The number of nitrogens with zero attached hydrogens (tertiary/aromatic N) is 2. The lowest BCUT2D eigenvalue weighted by Gasteiger charge is -2.19. The van der Waals surface area contributed by atoms with E-state index in [9.17, 15) is 4.79 Å². The predicted molar refractivity (Wildman–Crippen MR) is 106 cm³/mol. The van der Waals surface area contributed by atoms with E-state index in [1.54, 1.807) is 11.2 Å². The number of anilines is 1. The molecule has 0 spiro atoms. The van der Waals surface area contributed by atoms with Gasteiger partial charge in [0, 0.05) is 0 Å². The zero-order valence-corrected chi connectivity index (χ0v) is 15.6. The van der Waals surface area contributed by atoms with Gasteiger partial charge in [-0.15, -0.1) is 0 Å². The molecule has 28 heavy (non-hydrogen) atoms. The van der Waals surface area contributed by atoms with Crippen LogP contribution in [0.2, 0.25) is 0 Å². The van der Waals surface area contributed by atoms with E-state index in [4.69, 9.17) is 13.9 Å². The number of aromatic nitrogens is 1. The minimum Gasteiger partial charge on any atom is -0.467 e. The third-order valence-electron chi connectivity index (χ3n) is 4.50. The van der Waals surface area contributed by atoms with Crippen LogP contribution in [0.1, 0.15) is 11.3 Å². The van der Waals surface area contributed by atoms with Crippen LogP contribution in [-0.4, -0.2) is 17.7 Å². The van der Waals surface area contributed by atoms with Crippen molar-refractivity contribution in [2.75, 3.05) is 11.7 Å². The Labute approximate surface area is 164 Å². The molecule has 0 radical (unpaired) electrons. The van der Waals surface area contributed by atoms with Crippen molar-refractivity contribution in [1.82, 2.24) is 4.98 Å². The fourth-order valence-corrected chi connectivity index (χ4v) is 4.10. The predicted octanol–water partition coefficient (Wildman–Crippen LogP) is 4.39. The van der Waals surface area contributed by atoms with Gasteiger partial charge in [-0.25, -0.2) is 4.98 Å². The van der Waals surface area contributed by atoms with Gasteiger partial charge < -0.3 is 13.9 Å². The first-order valence-electron chi connectivity index (χ1n) is 8.83. The van der Waals surface area contributed by atoms with Crippen LogP contribution < -0.4 is 14.4 Å². The van der Waals surface area contributed by atoms with Crippen molar-refractivity contribution in [3.8, 4) is 11.5 Å². The highest BCUT2D eigenvalue weighted by Gasteiger charge is 2.22. The summed E-state index contributed by atoms with van der Waals surface area (Å²) < 4.78 is 17.3. The summed E-state index contributed by atoms with van der Waals surface area (Å²) in [4.78, 5) is 19.5. The second-order valence-corrected chi connectivity index (χ2v) is 7.40. The average Bonchev–Trinajstić information content (AvgIpc) is 3.45. The summed E-state index contributed by atoms with van der Waals surface area (Å²) in [5, 5.41) is 0.656. The molecule has 2 aromatic carbocycles. The highest BCUT2D eigenvalue weighted by molar-refractivity contribution is 7.22. The first-order valence-corrected chi connectivity index (χ1v) is 9.65. The Hall–Kier alpha value is -3.32. The molecule has 0 N–H and O–H groups in total. The molecule has 0 saturated heterocycles. The molecule has 3 heterocycles. The molecule has 0 aliphatic carbocycles. The lowest BCUT2D eigenvalue weighted by atomic mass is 10.1. The number of hydrogen-bond acceptors (Lipinski definition) is 6. The SMILES string of the molecule is O=C(Cc1ccc2c(c1)OCO2)N(Cc1ccco1)c1nc2ccccc2s1. The van der Waals surface area contributed by atoms with Gasteiger partial charge in [-0.05, 0) is 42.0 Å². The van der Waals surface area contributed by atoms with Gasteiger partial charge in [0.2, 0.25) is 12.7 Å². The van der Waals surface area contributed by atoms with E-state index in [-0.39, 0.29) is 19.1 Å². The summed E-state index contributed by atoms with van der Waals surface area (Å²) in [5.41, 5.74) is 1.74. The Morgan fingerprint density at radius 1 is 1.07 bits per heavy atom. The molecule has 5 rings (SSSR count). The van der Waals surface area contributed by atoms with E-state index >= 15 is 0 Å². The number of ether oxygens (including phenoxy) is 2. The lowest BCUT2D eigenvalue weighted by Crippen LogP contribution is -2.31. The highest BCUT2D eigenvalue weighted by atomic mass is 32.1. The van der Waals surface area contributed by atoms with E-state index in [0.29, 0.717) is 28.9 Å². The molecule has 140 valence electrons. The van der Waals surface area contributed by atoms with Crippen LogP contribution in [0.5, 0.6) is 11.5 Å². The summed E-state index contributed by atoms with van der Waals surface area (Å²) >= 11 is 1.49. The molecule has 6 nitrogen and oxygen atoms in total. The Kier molecular flexibility index (Phi) is 4.21. The summed E-state index contributed by atoms with van der Waals surface area (Å²) in [6.07, 6.45) is 1.83. The van der Waals surface area contributed by atoms with E-state index in [1.807, 2.05) is 54.6 Å². The maximum absolute atomic E-state index is 13.2. The largest absolute Gasteiger partial charge is 0.467 e. The summed E-state index contributed by atoms with van der Waals surface area (Å²) in [6.45, 7) is 0.541. The second-order valence-electron chi connectivity index (χ2n) is 6.39. The van der Waals surface area contributed by atoms with Crippen molar-refractivity contribution in [3.05, 3.63) is 72.2 Å². The minimum atomic E-state index is -0.0608. The second kappa shape index (κ2) is 7.01. The summed E-state index contributed by atoms with van der Waals surface area (Å²) in [6, 6.07) is 17.1. The standard InChI is InChI=1S/C21H16N2O4S/c24-20(11-14-7-8-17-18(10-14)27-13-26-17)23(12-15-4-3-9-25-15)21-22-16-5-1-2-6-19(16)28-21/h1-10H,11-13H2. The van der Waals surface area contributed by atoms with Crippen molar-refractivity contribution >= 4 is 32.6 Å². The molecular formula is C21H16N2O4S. The first-order chi connectivity index (χ1) is 13.8. The Morgan fingerprint density at radius 2 is 1.96 bits per heavy atom. The van der Waals surface area contributed by atoms with Crippen LogP contribution in [-0.2, 0) is 17.8 Å². The van der Waals surface area contributed by atoms with Crippen LogP contribution in [0, 0.1) is 0 Å². The fourth-order valence-electron chi connectivity index (χ4n) is 3.12. The number of rotatable bonds is 5. The van der Waals surface area contributed by atoms with Gasteiger partial charge in [-0.1, -0.05) is 29.5 Å². The van der Waals surface area contributed by atoms with Crippen molar-refractivity contribution in [1.29, 1.82) is 0 Å². The van der Waals surface area contributed by atoms with Crippen LogP contribution >= 0.6 is 11.3 Å². The van der Waals surface area contributed by atoms with Gasteiger partial charge in [0.15, 0.2) is 16.6 Å². The van der Waals surface area contributed by atoms with E-state index in [2.05, 4.69) is 4.98 Å². The molecular weight excluding hydrogens is 376 g/mol. The number of benzene rings is 2. The van der Waals surface area contributed by atoms with Crippen molar-refractivity contribution in [3.63, 3.8) is 0 Å². The third kappa shape index (κ3) is 3.20. The van der Waals surface area contributed by atoms with Gasteiger partial charge in [-0.2, -0.15) is 0 Å². The number of carbonyl (C=O) groups is 1. The highest BCUT2D eigenvalue weighted by Crippen LogP contribution is 2.34. The van der Waals surface area contributed by atoms with E-state index < -0.39 is 0 Å². The molecule has 0 unspecified atom stereocenters. The molecule has 1 aliphatic rings. The number of para-hydroxylation sites is 1. The zero-order valence-electron chi connectivity index (χ0n) is 14.8. The van der Waals surface area contributed by atoms with E-state index in [0.717, 1.165) is 15.8 Å². The molecule has 0 fully saturated rings. The number of furan rings is 1. The zero-order chi connectivity index (χ0) is 18.9. The van der Waals surface area contributed by atoms with Crippen LogP contribution in [0.25, 0.3) is 10.2 Å². The van der Waals surface area contributed by atoms with E-state index in [1.165, 1.54) is 11.3 Å². The molecule has 0 atom stereocenters. The summed E-state index contributed by atoms with van der Waals surface area (Å²) in [5.74, 6) is 2.02. The summed E-state index contributed by atoms with van der Waals surface area (Å²) in [7, 11) is 0.